The number of phenols is 4. The molecule has 0 saturated heterocycles. The number of non-ortho nitro benzene ring substituents is 2. The number of hydrazone groups is 2. The van der Waals surface area contributed by atoms with Gasteiger partial charge >= 0.3 is 60.5 Å². The molecule has 0 fully saturated rings. The van der Waals surface area contributed by atoms with Gasteiger partial charge in [0.25, 0.3) is 31.6 Å². The van der Waals surface area contributed by atoms with Gasteiger partial charge in [0.2, 0.25) is 11.6 Å². The predicted octanol–water partition coefficient (Wildman–Crippen LogP) is -2.21. The Morgan fingerprint density at radius 2 is 0.908 bits per heavy atom. The van der Waals surface area contributed by atoms with E-state index in [-0.39, 0.29) is 134 Å². The van der Waals surface area contributed by atoms with Crippen LogP contribution in [-0.4, -0.2) is 90.8 Å². The second kappa shape index (κ2) is 21.5. The molecule has 0 unspecified atom stereocenters. The first-order chi connectivity index (χ1) is 28.8. The van der Waals surface area contributed by atoms with E-state index in [0.29, 0.717) is 12.2 Å². The number of carbonyl (C=O) groups is 4. The molecule has 24 nitrogen and oxygen atoms in total. The Labute approximate surface area is 421 Å². The van der Waals surface area contributed by atoms with Crippen LogP contribution in [0.5, 0.6) is 23.0 Å². The van der Waals surface area contributed by atoms with Crippen LogP contribution in [-0.2, 0) is 46.9 Å². The molecule has 4 aromatic rings. The van der Waals surface area contributed by atoms with Crippen LogP contribution in [0.1, 0.15) is 58.2 Å². The van der Waals surface area contributed by atoms with Crippen LogP contribution in [0.15, 0.2) is 83.0 Å². The number of ketones is 4. The molecule has 0 bridgehead atoms. The van der Waals surface area contributed by atoms with Gasteiger partial charge in [-0.1, -0.05) is 0 Å². The molecule has 0 aliphatic heterocycles. The number of hydrogen-bond acceptors (Lipinski definition) is 20. The van der Waals surface area contributed by atoms with E-state index in [1.54, 1.807) is 0 Å². The van der Waals surface area contributed by atoms with E-state index >= 15 is 0 Å². The van der Waals surface area contributed by atoms with Gasteiger partial charge in [0.1, 0.15) is 44.2 Å². The molecule has 0 heterocycles. The number of allylic oxidation sites excluding steroid dienone is 2. The summed E-state index contributed by atoms with van der Waals surface area (Å²) in [6, 6.07) is 9.86. The number of rotatable bonds is 10. The van der Waals surface area contributed by atoms with E-state index in [2.05, 4.69) is 21.1 Å². The summed E-state index contributed by atoms with van der Waals surface area (Å²) in [5.41, 5.74) is 1.45. The standard InChI is InChI=1S/2C18H13N3O9S.Fe.2Na/c2*1-8(22)11-5-13(15(24)6-14(11)23)19-20-18-10-3-2-9(21(26)27)4-12(10)17(7-16(18)25)31(28,29)30;;;/h2*2-7,19,23-24H,1H3,(H,28,29,30);;;/q;;;2*+1/p+1/b2*20-18-;;;. The van der Waals surface area contributed by atoms with E-state index in [9.17, 15) is 85.8 Å². The molecule has 2 aliphatic rings. The molecule has 0 saturated carbocycles. The van der Waals surface area contributed by atoms with Crippen molar-refractivity contribution in [1.82, 2.24) is 0 Å². The Morgan fingerprint density at radius 1 is 0.585 bits per heavy atom. The van der Waals surface area contributed by atoms with E-state index in [0.717, 1.165) is 60.7 Å². The van der Waals surface area contributed by atoms with Crippen LogP contribution >= 0.6 is 0 Å². The number of fused-ring (bicyclic) bond motifs is 2. The van der Waals surface area contributed by atoms with Crippen LogP contribution in [0.3, 0.4) is 0 Å². The van der Waals surface area contributed by atoms with E-state index in [4.69, 9.17) is 0 Å². The molecular weight excluding hydrogens is 970 g/mol. The molecule has 65 heavy (non-hydrogen) atoms. The third-order valence-electron chi connectivity index (χ3n) is 8.58. The summed E-state index contributed by atoms with van der Waals surface area (Å²) in [5.74, 6) is -4.90. The molecule has 0 atom stereocenters. The van der Waals surface area contributed by atoms with Crippen LogP contribution in [0.4, 0.5) is 22.7 Å². The normalized spacial score (nSPS) is 14.0. The summed E-state index contributed by atoms with van der Waals surface area (Å²) in [6.07, 6.45) is 1.11. The second-order valence-electron chi connectivity index (χ2n) is 12.7. The van der Waals surface area contributed by atoms with Gasteiger partial charge in [-0.15, -0.1) is 0 Å². The van der Waals surface area contributed by atoms with Gasteiger partial charge in [-0.25, -0.2) is 0 Å². The van der Waals surface area contributed by atoms with Gasteiger partial charge in [0.05, 0.1) is 32.3 Å². The van der Waals surface area contributed by atoms with Gasteiger partial charge in [-0.3, -0.25) is 59.4 Å². The van der Waals surface area contributed by atoms with Gasteiger partial charge in [0.15, 0.2) is 11.6 Å². The number of benzene rings is 4. The molecular formula is C36H27FeN6Na2O18S2+3. The average molecular weight is 998 g/mol. The number of nitro benzene ring substituents is 2. The predicted molar refractivity (Wildman–Crippen MR) is 216 cm³/mol. The zero-order valence-electron chi connectivity index (χ0n) is 34.5. The van der Waals surface area contributed by atoms with Crippen molar-refractivity contribution in [3.8, 4) is 23.0 Å². The van der Waals surface area contributed by atoms with Crippen LogP contribution in [0, 0.1) is 20.2 Å². The van der Waals surface area contributed by atoms with Crippen LogP contribution in [0.2, 0.25) is 0 Å². The fourth-order valence-corrected chi connectivity index (χ4v) is 7.10. The molecule has 0 amide bonds. The average Bonchev–Trinajstić information content (AvgIpc) is 3.16. The molecule has 29 heteroatoms. The number of hydrogen-bond donors (Lipinski definition) is 8. The fourth-order valence-electron chi connectivity index (χ4n) is 5.70. The van der Waals surface area contributed by atoms with Crippen molar-refractivity contribution in [3.05, 3.63) is 126 Å². The van der Waals surface area contributed by atoms with Gasteiger partial charge in [-0.05, 0) is 38.1 Å². The number of nitro groups is 2. The van der Waals surface area contributed by atoms with Crippen molar-refractivity contribution in [1.29, 1.82) is 0 Å². The minimum absolute atomic E-state index is 0. The number of anilines is 2. The summed E-state index contributed by atoms with van der Waals surface area (Å²) < 4.78 is 65.5. The molecule has 8 N–H and O–H groups in total. The van der Waals surface area contributed by atoms with Crippen LogP contribution < -0.4 is 70.0 Å². The monoisotopic (exact) mass is 997 g/mol. The summed E-state index contributed by atoms with van der Waals surface area (Å²) in [5, 5.41) is 69.1. The molecule has 0 aromatic heterocycles. The number of carbonyl (C=O) groups excluding carboxylic acids is 4. The Bertz CT molecular complexity index is 2890. The fraction of sp³-hybridized carbons (Fsp3) is 0.0556. The zero-order chi connectivity index (χ0) is 46.2. The number of phenolic OH excluding ortho intramolecular Hbond substituents is 4. The van der Waals surface area contributed by atoms with Crippen molar-refractivity contribution in [2.75, 3.05) is 10.9 Å². The van der Waals surface area contributed by atoms with Crippen molar-refractivity contribution in [2.24, 2.45) is 10.2 Å². The topological polar surface area (TPSA) is 393 Å². The van der Waals surface area contributed by atoms with Gasteiger partial charge in [0, 0.05) is 87.9 Å². The smallest absolute Gasteiger partial charge is 0.507 e. The zero-order valence-corrected chi connectivity index (χ0v) is 40.2. The number of aromatic hydroxyl groups is 4. The maximum absolute atomic E-state index is 12.5. The summed E-state index contributed by atoms with van der Waals surface area (Å²) in [6.45, 7) is 2.36. The number of nitrogens with one attached hydrogen (secondary N) is 2. The third kappa shape index (κ3) is 12.4. The quantitative estimate of drug-likeness (QED) is 0.0159. The third-order valence-corrected chi connectivity index (χ3v) is 10.4. The first-order valence-corrected chi connectivity index (χ1v) is 19.5. The van der Waals surface area contributed by atoms with E-state index in [1.807, 2.05) is 0 Å². The Hall–Kier alpha value is -5.68. The minimum atomic E-state index is -4.89. The Kier molecular flexibility index (Phi) is 18.4. The number of Topliss-reactive ketones (excluding diaryl/α,β-unsaturated/α-hetero) is 2. The van der Waals surface area contributed by atoms with Crippen molar-refractivity contribution in [3.63, 3.8) is 0 Å². The van der Waals surface area contributed by atoms with Gasteiger partial charge in [-0.2, -0.15) is 27.0 Å². The molecule has 0 radical (unpaired) electrons. The molecule has 2 aliphatic carbocycles. The van der Waals surface area contributed by atoms with Crippen molar-refractivity contribution in [2.45, 2.75) is 13.8 Å². The molecule has 328 valence electrons. The molecule has 0 spiro atoms. The van der Waals surface area contributed by atoms with Crippen molar-refractivity contribution >= 4 is 87.4 Å². The summed E-state index contributed by atoms with van der Waals surface area (Å²) >= 11 is 0. The van der Waals surface area contributed by atoms with Crippen molar-refractivity contribution < 1.29 is 153 Å². The maximum atomic E-state index is 12.5. The molecule has 6 rings (SSSR count). The number of nitrogens with zero attached hydrogens (tertiary/aromatic N) is 4. The van der Waals surface area contributed by atoms with Crippen LogP contribution in [0.25, 0.3) is 9.81 Å². The minimum Gasteiger partial charge on any atom is -0.507 e. The summed E-state index contributed by atoms with van der Waals surface area (Å²) in [4.78, 5) is 66.9. The largest absolute Gasteiger partial charge is 1.00 e. The second-order valence-corrected chi connectivity index (χ2v) is 15.5. The molecule has 4 aromatic carbocycles. The Morgan fingerprint density at radius 3 is 1.18 bits per heavy atom. The SMILES string of the molecule is CC(=O)c1cc(N/N=C2\C(=O)C=C(S(=O)(=O)O)c3cc([N+](=O)[O-])ccc32)c(O)cc1O.CC(=O)c1cc(N/N=C2\C(=O)C=C(S(=O)(=O)O)c3cc([N+](=O)[O-])ccc32)c(O)cc1O.[Fe].[H+].[Na+].[Na+]. The van der Waals surface area contributed by atoms with E-state index < -0.39 is 97.4 Å². The Balaban J connectivity index is 0.000000622. The first-order valence-electron chi connectivity index (χ1n) is 16.7. The maximum Gasteiger partial charge on any atom is 1.00 e. The first kappa shape index (κ1) is 55.5. The summed E-state index contributed by atoms with van der Waals surface area (Å²) in [7, 11) is -9.79. The van der Waals surface area contributed by atoms with Gasteiger partial charge < -0.3 is 20.4 Å². The van der Waals surface area contributed by atoms with E-state index in [1.165, 1.54) is 13.8 Å².